The molecular weight excluding hydrogens is 334 g/mol. The second kappa shape index (κ2) is 7.85. The summed E-state index contributed by atoms with van der Waals surface area (Å²) in [6, 6.07) is 17.6. The molecule has 3 aromatic rings. The first kappa shape index (κ1) is 17.0. The van der Waals surface area contributed by atoms with Crippen molar-refractivity contribution in [2.75, 3.05) is 11.6 Å². The maximum absolute atomic E-state index is 12.0. The largest absolute Gasteiger partial charge is 0.351 e. The van der Waals surface area contributed by atoms with Gasteiger partial charge in [0.1, 0.15) is 0 Å². The van der Waals surface area contributed by atoms with Crippen LogP contribution >= 0.6 is 11.8 Å². The number of benzene rings is 2. The molecule has 1 heterocycles. The molecule has 128 valence electrons. The number of carbonyl (C=O) groups excluding carboxylic acids is 1. The van der Waals surface area contributed by atoms with Crippen LogP contribution in [0, 0.1) is 6.92 Å². The molecule has 0 atom stereocenters. The van der Waals surface area contributed by atoms with Gasteiger partial charge in [0.05, 0.1) is 5.75 Å². The Labute approximate surface area is 150 Å². The van der Waals surface area contributed by atoms with Gasteiger partial charge in [0.2, 0.25) is 11.1 Å². The third kappa shape index (κ3) is 4.19. The van der Waals surface area contributed by atoms with E-state index in [1.807, 2.05) is 61.5 Å². The van der Waals surface area contributed by atoms with E-state index < -0.39 is 0 Å². The lowest BCUT2D eigenvalue weighted by Crippen LogP contribution is -2.25. The molecule has 0 spiro atoms. The summed E-state index contributed by atoms with van der Waals surface area (Å²) in [6.45, 7) is 2.50. The van der Waals surface area contributed by atoms with Crippen LogP contribution in [-0.2, 0) is 11.3 Å². The molecule has 3 N–H and O–H groups in total. The normalized spacial score (nSPS) is 10.6. The third-order valence-corrected chi connectivity index (χ3v) is 4.66. The highest BCUT2D eigenvalue weighted by Gasteiger charge is 2.14. The van der Waals surface area contributed by atoms with Gasteiger partial charge in [0, 0.05) is 12.1 Å². The highest BCUT2D eigenvalue weighted by Crippen LogP contribution is 2.23. The summed E-state index contributed by atoms with van der Waals surface area (Å²) in [5.41, 5.74) is 3.06. The fourth-order valence-electron chi connectivity index (χ4n) is 2.36. The van der Waals surface area contributed by atoms with Crippen molar-refractivity contribution in [3.63, 3.8) is 0 Å². The fourth-order valence-corrected chi connectivity index (χ4v) is 3.05. The summed E-state index contributed by atoms with van der Waals surface area (Å²) in [6.07, 6.45) is 0. The van der Waals surface area contributed by atoms with Crippen molar-refractivity contribution in [2.45, 2.75) is 18.6 Å². The average molecular weight is 353 g/mol. The lowest BCUT2D eigenvalue weighted by molar-refractivity contribution is -0.118. The number of aromatic nitrogens is 3. The first-order valence-corrected chi connectivity index (χ1v) is 8.83. The molecule has 0 saturated heterocycles. The predicted octanol–water partition coefficient (Wildman–Crippen LogP) is 2.38. The monoisotopic (exact) mass is 353 g/mol. The van der Waals surface area contributed by atoms with E-state index in [9.17, 15) is 4.79 Å². The number of nitrogens with one attached hydrogen (secondary N) is 1. The van der Waals surface area contributed by atoms with E-state index in [0.29, 0.717) is 17.5 Å². The molecule has 0 bridgehead atoms. The number of nitrogen functional groups attached to an aromatic ring is 1. The summed E-state index contributed by atoms with van der Waals surface area (Å²) < 4.78 is 1.43. The van der Waals surface area contributed by atoms with Gasteiger partial charge < -0.3 is 11.2 Å². The second-order valence-corrected chi connectivity index (χ2v) is 6.48. The molecule has 1 amide bonds. The quantitative estimate of drug-likeness (QED) is 0.525. The van der Waals surface area contributed by atoms with Gasteiger partial charge in [-0.15, -0.1) is 10.2 Å². The van der Waals surface area contributed by atoms with Crippen LogP contribution < -0.4 is 11.2 Å². The van der Waals surface area contributed by atoms with Crippen LogP contribution in [0.3, 0.4) is 0 Å². The van der Waals surface area contributed by atoms with Gasteiger partial charge in [-0.25, -0.2) is 4.68 Å². The summed E-state index contributed by atoms with van der Waals surface area (Å²) in [4.78, 5) is 12.0. The molecule has 7 heteroatoms. The van der Waals surface area contributed by atoms with Crippen molar-refractivity contribution in [3.8, 4) is 11.4 Å². The van der Waals surface area contributed by atoms with Crippen molar-refractivity contribution < 1.29 is 4.79 Å². The number of thioether (sulfide) groups is 1. The molecule has 0 unspecified atom stereocenters. The van der Waals surface area contributed by atoms with E-state index in [1.165, 1.54) is 16.4 Å². The van der Waals surface area contributed by atoms with Crippen LogP contribution in [0.5, 0.6) is 0 Å². The SMILES string of the molecule is Cc1ccccc1-c1nnc(SCC(=O)NCc2ccccc2)n1N. The van der Waals surface area contributed by atoms with Crippen molar-refractivity contribution in [2.24, 2.45) is 0 Å². The summed E-state index contributed by atoms with van der Waals surface area (Å²) in [5.74, 6) is 6.84. The Bertz CT molecular complexity index is 863. The number of hydrogen-bond donors (Lipinski definition) is 2. The van der Waals surface area contributed by atoms with Gasteiger partial charge in [-0.2, -0.15) is 0 Å². The molecule has 6 nitrogen and oxygen atoms in total. The van der Waals surface area contributed by atoms with Crippen LogP contribution in [-0.4, -0.2) is 26.5 Å². The van der Waals surface area contributed by atoms with Crippen LogP contribution in [0.15, 0.2) is 59.8 Å². The number of aryl methyl sites for hydroxylation is 1. The van der Waals surface area contributed by atoms with Crippen molar-refractivity contribution in [1.82, 2.24) is 20.2 Å². The number of rotatable bonds is 6. The summed E-state index contributed by atoms with van der Waals surface area (Å²) in [7, 11) is 0. The third-order valence-electron chi connectivity index (χ3n) is 3.72. The zero-order chi connectivity index (χ0) is 17.6. The highest BCUT2D eigenvalue weighted by molar-refractivity contribution is 7.99. The van der Waals surface area contributed by atoms with E-state index >= 15 is 0 Å². The smallest absolute Gasteiger partial charge is 0.230 e. The minimum Gasteiger partial charge on any atom is -0.351 e. The summed E-state index contributed by atoms with van der Waals surface area (Å²) >= 11 is 1.26. The van der Waals surface area contributed by atoms with Gasteiger partial charge in [0.15, 0.2) is 5.82 Å². The van der Waals surface area contributed by atoms with E-state index in [1.54, 1.807) is 0 Å². The molecule has 0 aliphatic carbocycles. The van der Waals surface area contributed by atoms with Crippen molar-refractivity contribution >= 4 is 17.7 Å². The Morgan fingerprint density at radius 3 is 2.60 bits per heavy atom. The first-order valence-electron chi connectivity index (χ1n) is 7.85. The van der Waals surface area contributed by atoms with Gasteiger partial charge >= 0.3 is 0 Å². The molecule has 0 fully saturated rings. The molecule has 0 radical (unpaired) electrons. The number of amides is 1. The van der Waals surface area contributed by atoms with Gasteiger partial charge in [-0.3, -0.25) is 4.79 Å². The van der Waals surface area contributed by atoms with Gasteiger partial charge in [-0.05, 0) is 18.1 Å². The van der Waals surface area contributed by atoms with Crippen LogP contribution in [0.4, 0.5) is 0 Å². The van der Waals surface area contributed by atoms with Gasteiger partial charge in [-0.1, -0.05) is 66.4 Å². The zero-order valence-electron chi connectivity index (χ0n) is 13.8. The molecular formula is C18H19N5OS. The molecule has 0 aliphatic rings. The number of nitrogens with two attached hydrogens (primary N) is 1. The van der Waals surface area contributed by atoms with Crippen LogP contribution in [0.25, 0.3) is 11.4 Å². The highest BCUT2D eigenvalue weighted by atomic mass is 32.2. The predicted molar refractivity (Wildman–Crippen MR) is 99.4 cm³/mol. The van der Waals surface area contributed by atoms with E-state index in [2.05, 4.69) is 15.5 Å². The second-order valence-electron chi connectivity index (χ2n) is 5.54. The molecule has 3 rings (SSSR count). The van der Waals surface area contributed by atoms with Crippen LogP contribution in [0.1, 0.15) is 11.1 Å². The van der Waals surface area contributed by atoms with Crippen molar-refractivity contribution in [3.05, 3.63) is 65.7 Å². The molecule has 2 aromatic carbocycles. The van der Waals surface area contributed by atoms with E-state index in [4.69, 9.17) is 5.84 Å². The Morgan fingerprint density at radius 1 is 1.12 bits per heavy atom. The zero-order valence-corrected chi connectivity index (χ0v) is 14.7. The topological polar surface area (TPSA) is 85.8 Å². The van der Waals surface area contributed by atoms with Crippen LogP contribution in [0.2, 0.25) is 0 Å². The molecule has 1 aromatic heterocycles. The molecule has 0 saturated carbocycles. The Kier molecular flexibility index (Phi) is 5.35. The number of nitrogens with zero attached hydrogens (tertiary/aromatic N) is 3. The number of carbonyl (C=O) groups is 1. The average Bonchev–Trinajstić information content (AvgIpc) is 3.00. The summed E-state index contributed by atoms with van der Waals surface area (Å²) in [5, 5.41) is 11.6. The lowest BCUT2D eigenvalue weighted by atomic mass is 10.1. The minimum atomic E-state index is -0.0747. The maximum Gasteiger partial charge on any atom is 0.230 e. The molecule has 0 aliphatic heterocycles. The number of hydrogen-bond acceptors (Lipinski definition) is 5. The Balaban J connectivity index is 1.59. The van der Waals surface area contributed by atoms with E-state index in [0.717, 1.165) is 16.7 Å². The lowest BCUT2D eigenvalue weighted by Gasteiger charge is -2.07. The van der Waals surface area contributed by atoms with Gasteiger partial charge in [0.25, 0.3) is 0 Å². The fraction of sp³-hybridized carbons (Fsp3) is 0.167. The standard InChI is InChI=1S/C18H19N5OS/c1-13-7-5-6-10-15(13)17-21-22-18(23(17)19)25-12-16(24)20-11-14-8-3-2-4-9-14/h2-10H,11-12,19H2,1H3,(H,20,24). The Hall–Kier alpha value is -2.80. The molecule has 25 heavy (non-hydrogen) atoms. The van der Waals surface area contributed by atoms with E-state index in [-0.39, 0.29) is 11.7 Å². The van der Waals surface area contributed by atoms with Crippen molar-refractivity contribution in [1.29, 1.82) is 0 Å². The maximum atomic E-state index is 12.0. The minimum absolute atomic E-state index is 0.0747. The first-order chi connectivity index (χ1) is 12.1. The Morgan fingerprint density at radius 2 is 1.84 bits per heavy atom.